The third-order valence-electron chi connectivity index (χ3n) is 5.73. The van der Waals surface area contributed by atoms with Crippen molar-refractivity contribution in [3.63, 3.8) is 0 Å². The first-order valence-corrected chi connectivity index (χ1v) is 13.4. The van der Waals surface area contributed by atoms with Gasteiger partial charge in [-0.15, -0.1) is 0 Å². The molecule has 1 unspecified atom stereocenters. The van der Waals surface area contributed by atoms with Crippen LogP contribution in [0.25, 0.3) is 0 Å². The van der Waals surface area contributed by atoms with Crippen LogP contribution in [0.1, 0.15) is 43.4 Å². The number of alkyl halides is 3. The van der Waals surface area contributed by atoms with Crippen LogP contribution in [0.3, 0.4) is 0 Å². The molecule has 0 saturated carbocycles. The van der Waals surface area contributed by atoms with Crippen molar-refractivity contribution in [3.05, 3.63) is 65.2 Å². The fourth-order valence-electron chi connectivity index (χ4n) is 3.72. The number of carbonyl (C=O) groups is 2. The fraction of sp³-hybridized carbons (Fsp3) is 0.440. The summed E-state index contributed by atoms with van der Waals surface area (Å²) in [7, 11) is -3.91. The Hall–Kier alpha value is -3.08. The van der Waals surface area contributed by atoms with E-state index < -0.39 is 27.8 Å². The van der Waals surface area contributed by atoms with E-state index in [1.165, 1.54) is 11.0 Å². The van der Waals surface area contributed by atoms with Gasteiger partial charge in [0.1, 0.15) is 6.04 Å². The van der Waals surface area contributed by atoms with E-state index in [0.29, 0.717) is 6.54 Å². The Kier molecular flexibility index (Phi) is 9.92. The molecule has 0 aliphatic heterocycles. The van der Waals surface area contributed by atoms with E-state index in [1.807, 2.05) is 31.2 Å². The predicted molar refractivity (Wildman–Crippen MR) is 133 cm³/mol. The molecule has 36 heavy (non-hydrogen) atoms. The first-order chi connectivity index (χ1) is 16.8. The second-order valence-electron chi connectivity index (χ2n) is 8.51. The highest BCUT2D eigenvalue weighted by Gasteiger charge is 2.32. The van der Waals surface area contributed by atoms with E-state index in [0.717, 1.165) is 39.9 Å². The summed E-state index contributed by atoms with van der Waals surface area (Å²) >= 11 is 0. The number of nitrogens with zero attached hydrogens (tertiary/aromatic N) is 2. The van der Waals surface area contributed by atoms with Crippen LogP contribution in [0.15, 0.2) is 48.5 Å². The molecule has 198 valence electrons. The van der Waals surface area contributed by atoms with Crippen LogP contribution in [-0.4, -0.2) is 50.5 Å². The Labute approximate surface area is 210 Å². The Morgan fingerprint density at radius 3 is 2.33 bits per heavy atom. The van der Waals surface area contributed by atoms with Crippen molar-refractivity contribution in [2.45, 2.75) is 52.4 Å². The molecule has 0 aliphatic rings. The maximum Gasteiger partial charge on any atom is 0.416 e. The highest BCUT2D eigenvalue weighted by Crippen LogP contribution is 2.32. The minimum Gasteiger partial charge on any atom is -0.355 e. The van der Waals surface area contributed by atoms with Gasteiger partial charge in [-0.1, -0.05) is 30.3 Å². The lowest BCUT2D eigenvalue weighted by atomic mass is 10.1. The zero-order chi connectivity index (χ0) is 27.1. The van der Waals surface area contributed by atoms with E-state index in [4.69, 9.17) is 0 Å². The highest BCUT2D eigenvalue weighted by atomic mass is 32.2. The molecule has 0 aromatic heterocycles. The zero-order valence-corrected chi connectivity index (χ0v) is 21.6. The van der Waals surface area contributed by atoms with Gasteiger partial charge in [-0.3, -0.25) is 13.9 Å². The molecule has 0 bridgehead atoms. The lowest BCUT2D eigenvalue weighted by Crippen LogP contribution is -2.47. The summed E-state index contributed by atoms with van der Waals surface area (Å²) in [5, 5.41) is 2.70. The molecule has 0 spiro atoms. The summed E-state index contributed by atoms with van der Waals surface area (Å²) in [6.45, 7) is 5.68. The second-order valence-corrected chi connectivity index (χ2v) is 10.4. The number of benzene rings is 2. The van der Waals surface area contributed by atoms with Gasteiger partial charge in [0.15, 0.2) is 0 Å². The van der Waals surface area contributed by atoms with Crippen molar-refractivity contribution >= 4 is 27.5 Å². The van der Waals surface area contributed by atoms with Crippen LogP contribution in [0.4, 0.5) is 18.9 Å². The molecule has 0 saturated heterocycles. The molecule has 7 nitrogen and oxygen atoms in total. The van der Waals surface area contributed by atoms with Crippen molar-refractivity contribution in [1.82, 2.24) is 10.2 Å². The average molecular weight is 528 g/mol. The third kappa shape index (κ3) is 7.97. The molecule has 2 aromatic carbocycles. The number of hydrogen-bond acceptors (Lipinski definition) is 4. The van der Waals surface area contributed by atoms with Gasteiger partial charge in [0.2, 0.25) is 21.8 Å². The molecule has 1 N–H and O–H groups in total. The predicted octanol–water partition coefficient (Wildman–Crippen LogP) is 4.11. The summed E-state index contributed by atoms with van der Waals surface area (Å²) in [6.07, 6.45) is -3.77. The summed E-state index contributed by atoms with van der Waals surface area (Å²) in [6, 6.07) is 10.7. The van der Waals surface area contributed by atoms with Crippen LogP contribution in [0.2, 0.25) is 0 Å². The molecule has 0 fully saturated rings. The van der Waals surface area contributed by atoms with Gasteiger partial charge >= 0.3 is 6.18 Å². The fourth-order valence-corrected chi connectivity index (χ4v) is 4.67. The lowest BCUT2D eigenvalue weighted by molar-refractivity contribution is -0.140. The molecule has 11 heteroatoms. The number of sulfonamides is 1. The van der Waals surface area contributed by atoms with Gasteiger partial charge in [0.25, 0.3) is 0 Å². The van der Waals surface area contributed by atoms with E-state index in [2.05, 4.69) is 5.32 Å². The minimum absolute atomic E-state index is 0.0501. The number of aryl methyl sites for hydroxylation is 1. The molecule has 0 heterocycles. The van der Waals surface area contributed by atoms with Crippen LogP contribution in [-0.2, 0) is 32.3 Å². The smallest absolute Gasteiger partial charge is 0.355 e. The first kappa shape index (κ1) is 29.2. The van der Waals surface area contributed by atoms with Gasteiger partial charge in [-0.05, 0) is 56.5 Å². The van der Waals surface area contributed by atoms with Crippen molar-refractivity contribution in [2.75, 3.05) is 23.7 Å². The highest BCUT2D eigenvalue weighted by molar-refractivity contribution is 7.92. The number of hydrogen-bond donors (Lipinski definition) is 1. The summed E-state index contributed by atoms with van der Waals surface area (Å²) in [5.41, 5.74) is 0.715. The standard InChI is InChI=1S/C25H32F3N3O4S/c1-5-29-24(33)19(3)30(17-20-11-7-6-10-18(20)2)23(32)14-9-15-31(36(4,34)35)22-13-8-12-21(16-22)25(26,27)28/h6-8,10-13,16,19H,5,9,14-15,17H2,1-4H3,(H,29,33). The number of nitrogens with one attached hydrogen (secondary N) is 1. The molecule has 2 aromatic rings. The van der Waals surface area contributed by atoms with Crippen LogP contribution >= 0.6 is 0 Å². The number of halogens is 3. The van der Waals surface area contributed by atoms with E-state index in [-0.39, 0.29) is 43.4 Å². The molecular weight excluding hydrogens is 495 g/mol. The maximum atomic E-state index is 13.2. The summed E-state index contributed by atoms with van der Waals surface area (Å²) in [4.78, 5) is 27.1. The zero-order valence-electron chi connectivity index (χ0n) is 20.8. The molecule has 0 radical (unpaired) electrons. The van der Waals surface area contributed by atoms with Crippen molar-refractivity contribution in [3.8, 4) is 0 Å². The number of carbonyl (C=O) groups excluding carboxylic acids is 2. The monoisotopic (exact) mass is 527 g/mol. The van der Waals surface area contributed by atoms with Crippen LogP contribution in [0, 0.1) is 6.92 Å². The largest absolute Gasteiger partial charge is 0.416 e. The topological polar surface area (TPSA) is 86.8 Å². The number of rotatable bonds is 11. The number of anilines is 1. The average Bonchev–Trinajstić information content (AvgIpc) is 2.79. The second kappa shape index (κ2) is 12.2. The Morgan fingerprint density at radius 2 is 1.75 bits per heavy atom. The van der Waals surface area contributed by atoms with Gasteiger partial charge in [-0.25, -0.2) is 8.42 Å². The summed E-state index contributed by atoms with van der Waals surface area (Å²) in [5.74, 6) is -0.685. The van der Waals surface area contributed by atoms with Crippen molar-refractivity contribution in [1.29, 1.82) is 0 Å². The number of likely N-dealkylation sites (N-methyl/N-ethyl adjacent to an activating group) is 1. The SMILES string of the molecule is CCNC(=O)C(C)N(Cc1ccccc1C)C(=O)CCCN(c1cccc(C(F)(F)F)c1)S(C)(=O)=O. The van der Waals surface area contributed by atoms with Crippen LogP contribution in [0.5, 0.6) is 0 Å². The maximum absolute atomic E-state index is 13.2. The van der Waals surface area contributed by atoms with Gasteiger partial charge in [0, 0.05) is 26.1 Å². The molecule has 2 amide bonds. The van der Waals surface area contributed by atoms with Gasteiger partial charge in [-0.2, -0.15) is 13.2 Å². The Balaban J connectivity index is 2.21. The van der Waals surface area contributed by atoms with E-state index >= 15 is 0 Å². The van der Waals surface area contributed by atoms with Gasteiger partial charge in [0.05, 0.1) is 17.5 Å². The van der Waals surface area contributed by atoms with Gasteiger partial charge < -0.3 is 10.2 Å². The van der Waals surface area contributed by atoms with Crippen molar-refractivity contribution in [2.24, 2.45) is 0 Å². The number of amides is 2. The minimum atomic E-state index is -4.62. The summed E-state index contributed by atoms with van der Waals surface area (Å²) < 4.78 is 64.9. The first-order valence-electron chi connectivity index (χ1n) is 11.5. The van der Waals surface area contributed by atoms with E-state index in [9.17, 15) is 31.2 Å². The third-order valence-corrected chi connectivity index (χ3v) is 6.93. The molecule has 2 rings (SSSR count). The van der Waals surface area contributed by atoms with E-state index in [1.54, 1.807) is 13.8 Å². The normalized spacial score (nSPS) is 12.6. The molecule has 1 atom stereocenters. The lowest BCUT2D eigenvalue weighted by Gasteiger charge is -2.30. The van der Waals surface area contributed by atoms with Crippen molar-refractivity contribution < 1.29 is 31.2 Å². The molecular formula is C25H32F3N3O4S. The Morgan fingerprint density at radius 1 is 1.08 bits per heavy atom. The Bertz CT molecular complexity index is 1170. The molecule has 0 aliphatic carbocycles. The quantitative estimate of drug-likeness (QED) is 0.477. The van der Waals surface area contributed by atoms with Crippen LogP contribution < -0.4 is 9.62 Å².